The Labute approximate surface area is 184 Å². The van der Waals surface area contributed by atoms with Gasteiger partial charge in [0, 0.05) is 0 Å². The molecule has 0 aliphatic heterocycles. The molecule has 3 rings (SSSR count). The highest BCUT2D eigenvalue weighted by atomic mass is 19.1. The fourth-order valence-corrected chi connectivity index (χ4v) is 4.98. The molecular formula is C29H41F. The standard InChI is InChI=1S/C29H41F/c1-3-5-6-7-24-12-14-26(15-13-24)18-20-28-21-19-27(22-29(28)30)17-16-25-10-8-23(4-2)9-11-25/h12-15,19,21-23,25H,3-11,16-18,20H2,1-2H3. The van der Waals surface area contributed by atoms with Crippen LogP contribution >= 0.6 is 0 Å². The van der Waals surface area contributed by atoms with Crippen LogP contribution in [0.2, 0.25) is 0 Å². The first kappa shape index (κ1) is 23.0. The smallest absolute Gasteiger partial charge is 0.126 e. The summed E-state index contributed by atoms with van der Waals surface area (Å²) in [6, 6.07) is 14.9. The molecule has 2 aromatic carbocycles. The van der Waals surface area contributed by atoms with Gasteiger partial charge in [-0.1, -0.05) is 95.2 Å². The van der Waals surface area contributed by atoms with Gasteiger partial charge in [-0.05, 0) is 78.7 Å². The first-order valence-corrected chi connectivity index (χ1v) is 12.5. The minimum Gasteiger partial charge on any atom is -0.207 e. The first-order chi connectivity index (χ1) is 14.7. The number of benzene rings is 2. The molecule has 0 atom stereocenters. The molecule has 0 spiro atoms. The fraction of sp³-hybridized carbons (Fsp3) is 0.586. The lowest BCUT2D eigenvalue weighted by Gasteiger charge is -2.27. The van der Waals surface area contributed by atoms with Crippen molar-refractivity contribution in [2.75, 3.05) is 0 Å². The molecule has 1 heteroatoms. The van der Waals surface area contributed by atoms with E-state index in [2.05, 4.69) is 44.2 Å². The van der Waals surface area contributed by atoms with E-state index in [0.717, 1.165) is 36.7 Å². The molecule has 0 nitrogen and oxygen atoms in total. The zero-order valence-corrected chi connectivity index (χ0v) is 19.3. The van der Waals surface area contributed by atoms with E-state index in [4.69, 9.17) is 0 Å². The number of halogens is 1. The Balaban J connectivity index is 1.44. The third-order valence-electron chi connectivity index (χ3n) is 7.28. The van der Waals surface area contributed by atoms with Crippen LogP contribution in [0.1, 0.15) is 93.9 Å². The predicted molar refractivity (Wildman–Crippen MR) is 128 cm³/mol. The van der Waals surface area contributed by atoms with Crippen molar-refractivity contribution in [2.45, 2.75) is 97.3 Å². The summed E-state index contributed by atoms with van der Waals surface area (Å²) >= 11 is 0. The van der Waals surface area contributed by atoms with Gasteiger partial charge < -0.3 is 0 Å². The summed E-state index contributed by atoms with van der Waals surface area (Å²) in [6.07, 6.45) is 15.8. The highest BCUT2D eigenvalue weighted by molar-refractivity contribution is 5.27. The average Bonchev–Trinajstić information content (AvgIpc) is 2.78. The van der Waals surface area contributed by atoms with Crippen LogP contribution < -0.4 is 0 Å². The maximum atomic E-state index is 14.7. The molecule has 1 aliphatic rings. The van der Waals surface area contributed by atoms with Gasteiger partial charge in [0.1, 0.15) is 5.82 Å². The molecule has 0 heterocycles. The summed E-state index contributed by atoms with van der Waals surface area (Å²) in [6.45, 7) is 4.56. The summed E-state index contributed by atoms with van der Waals surface area (Å²) in [5, 5.41) is 0. The Morgan fingerprint density at radius 3 is 1.97 bits per heavy atom. The van der Waals surface area contributed by atoms with Crippen molar-refractivity contribution >= 4 is 0 Å². The minimum absolute atomic E-state index is 0.0154. The average molecular weight is 409 g/mol. The van der Waals surface area contributed by atoms with E-state index in [0.29, 0.717) is 0 Å². The molecule has 0 amide bonds. The Kier molecular flexibility index (Phi) is 9.43. The molecule has 0 saturated heterocycles. The number of rotatable bonds is 11. The van der Waals surface area contributed by atoms with Crippen molar-refractivity contribution < 1.29 is 4.39 Å². The SMILES string of the molecule is CCCCCc1ccc(CCc2ccc(CCC3CCC(CC)CC3)cc2F)cc1. The maximum absolute atomic E-state index is 14.7. The summed E-state index contributed by atoms with van der Waals surface area (Å²) in [4.78, 5) is 0. The molecule has 30 heavy (non-hydrogen) atoms. The highest BCUT2D eigenvalue weighted by Crippen LogP contribution is 2.33. The summed E-state index contributed by atoms with van der Waals surface area (Å²) in [7, 11) is 0. The lowest BCUT2D eigenvalue weighted by molar-refractivity contribution is 0.258. The Morgan fingerprint density at radius 2 is 1.33 bits per heavy atom. The van der Waals surface area contributed by atoms with Gasteiger partial charge >= 0.3 is 0 Å². The van der Waals surface area contributed by atoms with Gasteiger partial charge in [0.25, 0.3) is 0 Å². The quantitative estimate of drug-likeness (QED) is 0.327. The van der Waals surface area contributed by atoms with E-state index in [-0.39, 0.29) is 5.82 Å². The van der Waals surface area contributed by atoms with Crippen molar-refractivity contribution in [3.63, 3.8) is 0 Å². The van der Waals surface area contributed by atoms with Gasteiger partial charge in [-0.15, -0.1) is 0 Å². The third kappa shape index (κ3) is 7.25. The monoisotopic (exact) mass is 408 g/mol. The van der Waals surface area contributed by atoms with Crippen molar-refractivity contribution in [2.24, 2.45) is 11.8 Å². The molecule has 0 radical (unpaired) electrons. The van der Waals surface area contributed by atoms with E-state index in [9.17, 15) is 4.39 Å². The molecule has 164 valence electrons. The molecule has 1 fully saturated rings. The van der Waals surface area contributed by atoms with E-state index in [1.54, 1.807) is 6.07 Å². The highest BCUT2D eigenvalue weighted by Gasteiger charge is 2.19. The van der Waals surface area contributed by atoms with Crippen LogP contribution in [-0.4, -0.2) is 0 Å². The van der Waals surface area contributed by atoms with Gasteiger partial charge in [0.2, 0.25) is 0 Å². The Hall–Kier alpha value is -1.63. The zero-order chi connectivity index (χ0) is 21.2. The van der Waals surface area contributed by atoms with E-state index >= 15 is 0 Å². The second-order valence-corrected chi connectivity index (χ2v) is 9.53. The predicted octanol–water partition coefficient (Wildman–Crippen LogP) is 8.49. The summed E-state index contributed by atoms with van der Waals surface area (Å²) in [5.41, 5.74) is 4.76. The van der Waals surface area contributed by atoms with Crippen LogP contribution in [0.4, 0.5) is 4.39 Å². The lowest BCUT2D eigenvalue weighted by Crippen LogP contribution is -2.14. The van der Waals surface area contributed by atoms with Gasteiger partial charge in [-0.3, -0.25) is 0 Å². The number of aryl methyl sites for hydroxylation is 4. The largest absolute Gasteiger partial charge is 0.207 e. The number of unbranched alkanes of at least 4 members (excludes halogenated alkanes) is 2. The Bertz CT molecular complexity index is 737. The van der Waals surface area contributed by atoms with E-state index < -0.39 is 0 Å². The van der Waals surface area contributed by atoms with Crippen molar-refractivity contribution in [1.82, 2.24) is 0 Å². The van der Waals surface area contributed by atoms with E-state index in [1.165, 1.54) is 80.9 Å². The third-order valence-corrected chi connectivity index (χ3v) is 7.28. The first-order valence-electron chi connectivity index (χ1n) is 12.5. The second-order valence-electron chi connectivity index (χ2n) is 9.53. The van der Waals surface area contributed by atoms with Crippen LogP contribution in [0.15, 0.2) is 42.5 Å². The maximum Gasteiger partial charge on any atom is 0.126 e. The molecule has 1 saturated carbocycles. The van der Waals surface area contributed by atoms with Crippen LogP contribution in [0, 0.1) is 17.7 Å². The van der Waals surface area contributed by atoms with Gasteiger partial charge in [-0.25, -0.2) is 4.39 Å². The zero-order valence-electron chi connectivity index (χ0n) is 19.3. The minimum atomic E-state index is -0.0154. The number of hydrogen-bond donors (Lipinski definition) is 0. The van der Waals surface area contributed by atoms with Crippen LogP contribution in [0.5, 0.6) is 0 Å². The van der Waals surface area contributed by atoms with Crippen molar-refractivity contribution in [3.8, 4) is 0 Å². The Morgan fingerprint density at radius 1 is 0.700 bits per heavy atom. The molecule has 0 bridgehead atoms. The number of hydrogen-bond acceptors (Lipinski definition) is 0. The van der Waals surface area contributed by atoms with Gasteiger partial charge in [0.05, 0.1) is 0 Å². The van der Waals surface area contributed by atoms with Crippen LogP contribution in [-0.2, 0) is 25.7 Å². The van der Waals surface area contributed by atoms with Gasteiger partial charge in [-0.2, -0.15) is 0 Å². The topological polar surface area (TPSA) is 0 Å². The van der Waals surface area contributed by atoms with Crippen LogP contribution in [0.3, 0.4) is 0 Å². The van der Waals surface area contributed by atoms with E-state index in [1.807, 2.05) is 6.07 Å². The molecule has 1 aliphatic carbocycles. The molecular weight excluding hydrogens is 367 g/mol. The van der Waals surface area contributed by atoms with Crippen LogP contribution in [0.25, 0.3) is 0 Å². The summed E-state index contributed by atoms with van der Waals surface area (Å²) in [5.74, 6) is 1.79. The van der Waals surface area contributed by atoms with Gasteiger partial charge in [0.15, 0.2) is 0 Å². The molecule has 0 aromatic heterocycles. The second kappa shape index (κ2) is 12.3. The van der Waals surface area contributed by atoms with Crippen molar-refractivity contribution in [3.05, 3.63) is 70.5 Å². The molecule has 0 unspecified atom stereocenters. The molecule has 0 N–H and O–H groups in total. The fourth-order valence-electron chi connectivity index (χ4n) is 4.98. The summed E-state index contributed by atoms with van der Waals surface area (Å²) < 4.78 is 14.7. The molecule has 2 aromatic rings. The lowest BCUT2D eigenvalue weighted by atomic mass is 9.78. The normalized spacial score (nSPS) is 19.2. The van der Waals surface area contributed by atoms with Crippen molar-refractivity contribution in [1.29, 1.82) is 0 Å².